The molecule has 3 aliphatic rings. The van der Waals surface area contributed by atoms with Crippen molar-refractivity contribution in [3.63, 3.8) is 0 Å². The number of aromatic amines is 2. The first-order chi connectivity index (χ1) is 12.5. The molecular formula is C18H26N4O4. The molecule has 0 aromatic carbocycles. The third kappa shape index (κ3) is 3.12. The van der Waals surface area contributed by atoms with E-state index in [4.69, 9.17) is 0 Å². The number of carboxylic acids is 1. The molecule has 3 N–H and O–H groups in total. The Hall–Kier alpha value is -1.93. The second-order valence-electron chi connectivity index (χ2n) is 8.16. The topological polar surface area (TPSA) is 109 Å². The highest BCUT2D eigenvalue weighted by atomic mass is 16.4. The molecule has 2 aliphatic heterocycles. The first-order valence-corrected chi connectivity index (χ1v) is 9.48. The van der Waals surface area contributed by atoms with Crippen molar-refractivity contribution in [3.05, 3.63) is 32.6 Å². The van der Waals surface area contributed by atoms with Gasteiger partial charge in [0.25, 0.3) is 5.56 Å². The molecule has 1 aromatic rings. The fourth-order valence-electron chi connectivity index (χ4n) is 5.20. The van der Waals surface area contributed by atoms with Crippen molar-refractivity contribution in [1.82, 2.24) is 19.8 Å². The van der Waals surface area contributed by atoms with Gasteiger partial charge in [-0.25, -0.2) is 4.79 Å². The number of fused-ring (bicyclic) bond motifs is 1. The second kappa shape index (κ2) is 6.66. The van der Waals surface area contributed by atoms with Crippen molar-refractivity contribution in [3.8, 4) is 0 Å². The van der Waals surface area contributed by atoms with E-state index in [0.717, 1.165) is 6.54 Å². The van der Waals surface area contributed by atoms with Crippen molar-refractivity contribution in [2.45, 2.75) is 44.7 Å². The molecule has 3 fully saturated rings. The third-order valence-electron chi connectivity index (χ3n) is 6.43. The number of hydrogen-bond donors (Lipinski definition) is 3. The molecular weight excluding hydrogens is 336 g/mol. The first kappa shape index (κ1) is 17.5. The molecule has 3 heterocycles. The average Bonchev–Trinajstić information content (AvgIpc) is 3.09. The number of carbonyl (C=O) groups is 1. The van der Waals surface area contributed by atoms with E-state index in [9.17, 15) is 19.5 Å². The smallest absolute Gasteiger partial charge is 0.325 e. The number of aromatic nitrogens is 2. The van der Waals surface area contributed by atoms with Crippen molar-refractivity contribution >= 4 is 5.97 Å². The Morgan fingerprint density at radius 1 is 1.15 bits per heavy atom. The molecule has 2 saturated heterocycles. The summed E-state index contributed by atoms with van der Waals surface area (Å²) < 4.78 is 0. The van der Waals surface area contributed by atoms with Crippen molar-refractivity contribution in [2.24, 2.45) is 11.3 Å². The molecule has 142 valence electrons. The Morgan fingerprint density at radius 2 is 1.92 bits per heavy atom. The van der Waals surface area contributed by atoms with Crippen LogP contribution in [-0.4, -0.2) is 63.1 Å². The molecule has 1 saturated carbocycles. The van der Waals surface area contributed by atoms with Gasteiger partial charge < -0.3 is 10.1 Å². The molecule has 1 aliphatic carbocycles. The maximum Gasteiger partial charge on any atom is 0.325 e. The highest BCUT2D eigenvalue weighted by Gasteiger charge is 2.58. The quantitative estimate of drug-likeness (QED) is 0.707. The summed E-state index contributed by atoms with van der Waals surface area (Å²) in [5.74, 6) is -0.627. The third-order valence-corrected chi connectivity index (χ3v) is 6.43. The summed E-state index contributed by atoms with van der Waals surface area (Å²) in [6.07, 6.45) is 6.14. The van der Waals surface area contributed by atoms with Crippen molar-refractivity contribution < 1.29 is 9.90 Å². The summed E-state index contributed by atoms with van der Waals surface area (Å²) in [4.78, 5) is 44.3. The van der Waals surface area contributed by atoms with Gasteiger partial charge in [0, 0.05) is 56.4 Å². The van der Waals surface area contributed by atoms with Crippen LogP contribution in [0.15, 0.2) is 15.7 Å². The molecule has 0 bridgehead atoms. The van der Waals surface area contributed by atoms with E-state index in [-0.39, 0.29) is 5.92 Å². The van der Waals surface area contributed by atoms with Crippen LogP contribution in [0, 0.1) is 11.3 Å². The van der Waals surface area contributed by atoms with E-state index in [2.05, 4.69) is 19.8 Å². The van der Waals surface area contributed by atoms with Crippen LogP contribution in [0.2, 0.25) is 0 Å². The number of nitrogens with zero attached hydrogens (tertiary/aromatic N) is 2. The molecule has 4 rings (SSSR count). The fraction of sp³-hybridized carbons (Fsp3) is 0.722. The number of likely N-dealkylation sites (tertiary alicyclic amines) is 2. The Bertz CT molecular complexity index is 769. The molecule has 0 amide bonds. The number of aliphatic carboxylic acids is 1. The Kier molecular flexibility index (Phi) is 4.48. The number of hydrogen-bond acceptors (Lipinski definition) is 5. The van der Waals surface area contributed by atoms with Gasteiger partial charge in [-0.3, -0.25) is 24.4 Å². The van der Waals surface area contributed by atoms with Crippen LogP contribution < -0.4 is 11.2 Å². The zero-order valence-electron chi connectivity index (χ0n) is 14.9. The van der Waals surface area contributed by atoms with Crippen LogP contribution in [-0.2, 0) is 11.3 Å². The molecule has 0 spiro atoms. The van der Waals surface area contributed by atoms with Gasteiger partial charge in [0.2, 0.25) is 0 Å². The lowest BCUT2D eigenvalue weighted by Crippen LogP contribution is -2.43. The van der Waals surface area contributed by atoms with Gasteiger partial charge in [-0.1, -0.05) is 19.3 Å². The van der Waals surface area contributed by atoms with E-state index in [0.29, 0.717) is 37.9 Å². The second-order valence-corrected chi connectivity index (χ2v) is 8.16. The highest BCUT2D eigenvalue weighted by molar-refractivity contribution is 5.77. The van der Waals surface area contributed by atoms with Crippen molar-refractivity contribution in [2.75, 3.05) is 26.2 Å². The minimum absolute atomic E-state index is 0.0932. The average molecular weight is 362 g/mol. The number of nitrogens with one attached hydrogen (secondary N) is 2. The largest absolute Gasteiger partial charge is 0.481 e. The van der Waals surface area contributed by atoms with E-state index in [1.165, 1.54) is 38.2 Å². The lowest BCUT2D eigenvalue weighted by Gasteiger charge is -2.33. The highest BCUT2D eigenvalue weighted by Crippen LogP contribution is 2.45. The summed E-state index contributed by atoms with van der Waals surface area (Å²) >= 11 is 0. The Morgan fingerprint density at radius 3 is 2.58 bits per heavy atom. The summed E-state index contributed by atoms with van der Waals surface area (Å²) in [5, 5.41) is 10.00. The predicted octanol–water partition coefficient (Wildman–Crippen LogP) is 0.214. The van der Waals surface area contributed by atoms with E-state index >= 15 is 0 Å². The van der Waals surface area contributed by atoms with Gasteiger partial charge in [0.15, 0.2) is 0 Å². The van der Waals surface area contributed by atoms with Crippen LogP contribution in [0.5, 0.6) is 0 Å². The van der Waals surface area contributed by atoms with Gasteiger partial charge >= 0.3 is 11.7 Å². The zero-order valence-corrected chi connectivity index (χ0v) is 14.9. The lowest BCUT2D eigenvalue weighted by molar-refractivity contribution is -0.149. The Balaban J connectivity index is 1.48. The normalized spacial score (nSPS) is 30.5. The minimum Gasteiger partial charge on any atom is -0.481 e. The van der Waals surface area contributed by atoms with E-state index in [1.54, 1.807) is 0 Å². The van der Waals surface area contributed by atoms with Crippen LogP contribution in [0.25, 0.3) is 0 Å². The van der Waals surface area contributed by atoms with E-state index in [1.807, 2.05) is 0 Å². The van der Waals surface area contributed by atoms with Crippen molar-refractivity contribution in [1.29, 1.82) is 0 Å². The van der Waals surface area contributed by atoms with Gasteiger partial charge in [0.1, 0.15) is 0 Å². The van der Waals surface area contributed by atoms with Gasteiger partial charge in [-0.05, 0) is 12.8 Å². The molecule has 1 aromatic heterocycles. The summed E-state index contributed by atoms with van der Waals surface area (Å²) in [5.41, 5.74) is -1.16. The van der Waals surface area contributed by atoms with Gasteiger partial charge in [-0.2, -0.15) is 0 Å². The number of carboxylic acid groups (broad SMARTS) is 1. The lowest BCUT2D eigenvalue weighted by atomic mass is 9.81. The van der Waals surface area contributed by atoms with Gasteiger partial charge in [-0.15, -0.1) is 0 Å². The monoisotopic (exact) mass is 362 g/mol. The maximum absolute atomic E-state index is 12.2. The number of rotatable bonds is 4. The maximum atomic E-state index is 12.2. The summed E-state index contributed by atoms with van der Waals surface area (Å²) in [6, 6.07) is 1.90. The van der Waals surface area contributed by atoms with Crippen LogP contribution >= 0.6 is 0 Å². The summed E-state index contributed by atoms with van der Waals surface area (Å²) in [6.45, 7) is 2.99. The van der Waals surface area contributed by atoms with Crippen LogP contribution in [0.4, 0.5) is 0 Å². The molecule has 0 radical (unpaired) electrons. The van der Waals surface area contributed by atoms with E-state index < -0.39 is 22.6 Å². The summed E-state index contributed by atoms with van der Waals surface area (Å²) in [7, 11) is 0. The van der Waals surface area contributed by atoms with Crippen LogP contribution in [0.1, 0.15) is 37.8 Å². The minimum atomic E-state index is -0.737. The zero-order chi connectivity index (χ0) is 18.3. The predicted molar refractivity (Wildman–Crippen MR) is 95.0 cm³/mol. The standard InChI is InChI=1S/C18H26N4O4/c23-15-6-13(19-17(26)20-15)9-21-7-12-8-22(14-4-2-1-3-5-14)11-18(12,10-21)16(24)25/h6,12,14H,1-5,7-11H2,(H,24,25)(H2,19,20,23,26)/t12-,18-/m0/s1. The first-order valence-electron chi connectivity index (χ1n) is 9.48. The molecule has 8 nitrogen and oxygen atoms in total. The number of H-pyrrole nitrogens is 2. The molecule has 0 unspecified atom stereocenters. The molecule has 26 heavy (non-hydrogen) atoms. The molecule has 2 atom stereocenters. The van der Waals surface area contributed by atoms with Gasteiger partial charge in [0.05, 0.1) is 5.41 Å². The molecule has 8 heteroatoms. The SMILES string of the molecule is O=C(O)[C@]12CN(Cc3cc(=O)[nH]c(=O)[nH]3)C[C@H]1CN(C1CCCCC1)C2. The Labute approximate surface area is 151 Å². The fourth-order valence-corrected chi connectivity index (χ4v) is 5.20. The van der Waals surface area contributed by atoms with Crippen LogP contribution in [0.3, 0.4) is 0 Å².